The first-order valence-corrected chi connectivity index (χ1v) is 7.11. The fourth-order valence-corrected chi connectivity index (χ4v) is 2.50. The number of alkyl halides is 3. The molecule has 1 aromatic heterocycles. The molecule has 0 amide bonds. The van der Waals surface area contributed by atoms with Gasteiger partial charge in [-0.1, -0.05) is 18.2 Å². The monoisotopic (exact) mass is 315 g/mol. The minimum atomic E-state index is -4.33. The van der Waals surface area contributed by atoms with Crippen molar-refractivity contribution in [3.05, 3.63) is 34.7 Å². The molecule has 0 aromatic carbocycles. The topological polar surface area (TPSA) is 50.9 Å². The largest absolute Gasteiger partial charge is 0.416 e. The number of aromatic nitrogens is 3. The third-order valence-corrected chi connectivity index (χ3v) is 3.89. The SMILES string of the molecule is Cc1c(C(C)(C)O)nnn1CC1=CC(C(F)(F)F)=CCC1C. The Morgan fingerprint density at radius 2 is 2.00 bits per heavy atom. The number of rotatable bonds is 3. The lowest BCUT2D eigenvalue weighted by molar-refractivity contribution is -0.0888. The van der Waals surface area contributed by atoms with Crippen LogP contribution in [0.3, 0.4) is 0 Å². The number of hydrogen-bond donors (Lipinski definition) is 1. The van der Waals surface area contributed by atoms with Gasteiger partial charge >= 0.3 is 6.18 Å². The van der Waals surface area contributed by atoms with Crippen LogP contribution in [0.25, 0.3) is 0 Å². The summed E-state index contributed by atoms with van der Waals surface area (Å²) in [6, 6.07) is 0. The van der Waals surface area contributed by atoms with Crippen molar-refractivity contribution in [1.29, 1.82) is 0 Å². The fourth-order valence-electron chi connectivity index (χ4n) is 2.50. The van der Waals surface area contributed by atoms with Gasteiger partial charge in [0, 0.05) is 0 Å². The number of allylic oxidation sites excluding steroid dienone is 4. The lowest BCUT2D eigenvalue weighted by atomic mass is 9.89. The second-order valence-corrected chi connectivity index (χ2v) is 6.25. The van der Waals surface area contributed by atoms with Gasteiger partial charge in [-0.05, 0) is 44.8 Å². The van der Waals surface area contributed by atoms with Crippen LogP contribution in [0.5, 0.6) is 0 Å². The second-order valence-electron chi connectivity index (χ2n) is 6.25. The van der Waals surface area contributed by atoms with Gasteiger partial charge in [-0.2, -0.15) is 13.2 Å². The van der Waals surface area contributed by atoms with E-state index < -0.39 is 17.4 Å². The molecule has 0 bridgehead atoms. The number of aliphatic hydroxyl groups is 1. The maximum Gasteiger partial charge on any atom is 0.416 e. The van der Waals surface area contributed by atoms with Gasteiger partial charge in [0.1, 0.15) is 11.3 Å². The molecule has 0 saturated carbocycles. The zero-order valence-corrected chi connectivity index (χ0v) is 13.1. The molecule has 2 rings (SSSR count). The molecule has 0 spiro atoms. The van der Waals surface area contributed by atoms with Crippen molar-refractivity contribution in [3.8, 4) is 0 Å². The van der Waals surface area contributed by atoms with Gasteiger partial charge in [0.05, 0.1) is 17.8 Å². The summed E-state index contributed by atoms with van der Waals surface area (Å²) < 4.78 is 40.1. The summed E-state index contributed by atoms with van der Waals surface area (Å²) >= 11 is 0. The smallest absolute Gasteiger partial charge is 0.384 e. The maximum atomic E-state index is 12.8. The zero-order chi connectivity index (χ0) is 16.7. The third-order valence-electron chi connectivity index (χ3n) is 3.89. The predicted octanol–water partition coefficient (Wildman–Crippen LogP) is 3.27. The molecule has 1 aliphatic carbocycles. The van der Waals surface area contributed by atoms with E-state index in [1.807, 2.05) is 6.92 Å². The Labute approximate surface area is 127 Å². The second kappa shape index (κ2) is 5.53. The summed E-state index contributed by atoms with van der Waals surface area (Å²) in [5.74, 6) is 0.0142. The molecule has 22 heavy (non-hydrogen) atoms. The summed E-state index contributed by atoms with van der Waals surface area (Å²) in [5, 5.41) is 17.9. The van der Waals surface area contributed by atoms with E-state index in [-0.39, 0.29) is 12.5 Å². The molecule has 4 nitrogen and oxygen atoms in total. The van der Waals surface area contributed by atoms with Gasteiger partial charge in [0.25, 0.3) is 0 Å². The summed E-state index contributed by atoms with van der Waals surface area (Å²) in [6.45, 7) is 7.08. The molecular formula is C15H20F3N3O. The van der Waals surface area contributed by atoms with Gasteiger partial charge in [0.15, 0.2) is 0 Å². The number of hydrogen-bond acceptors (Lipinski definition) is 3. The van der Waals surface area contributed by atoms with E-state index in [1.165, 1.54) is 16.8 Å². The van der Waals surface area contributed by atoms with E-state index in [0.29, 0.717) is 23.4 Å². The Balaban J connectivity index is 2.29. The van der Waals surface area contributed by atoms with Gasteiger partial charge in [0.2, 0.25) is 0 Å². The van der Waals surface area contributed by atoms with E-state index in [4.69, 9.17) is 0 Å². The highest BCUT2D eigenvalue weighted by Crippen LogP contribution is 2.34. The molecule has 0 radical (unpaired) electrons. The normalized spacial score (nSPS) is 19.9. The molecule has 1 aromatic rings. The molecule has 7 heteroatoms. The van der Waals surface area contributed by atoms with E-state index in [0.717, 1.165) is 0 Å². The average Bonchev–Trinajstić information content (AvgIpc) is 2.72. The standard InChI is InChI=1S/C15H20F3N3O/c1-9-5-6-12(15(16,17)18)7-11(9)8-21-10(2)13(19-20-21)14(3,4)22/h6-7,9,22H,5,8H2,1-4H3. The lowest BCUT2D eigenvalue weighted by Gasteiger charge is -2.22. The van der Waals surface area contributed by atoms with Crippen LogP contribution in [0.15, 0.2) is 23.3 Å². The van der Waals surface area contributed by atoms with Gasteiger partial charge in [-0.25, -0.2) is 4.68 Å². The highest BCUT2D eigenvalue weighted by atomic mass is 19.4. The van der Waals surface area contributed by atoms with E-state index in [1.54, 1.807) is 20.8 Å². The molecule has 0 fully saturated rings. The van der Waals surface area contributed by atoms with Crippen molar-refractivity contribution in [2.24, 2.45) is 5.92 Å². The van der Waals surface area contributed by atoms with Crippen LogP contribution >= 0.6 is 0 Å². The van der Waals surface area contributed by atoms with Crippen LogP contribution in [0.2, 0.25) is 0 Å². The molecule has 1 atom stereocenters. The van der Waals surface area contributed by atoms with Crippen LogP contribution in [-0.2, 0) is 12.1 Å². The predicted molar refractivity (Wildman–Crippen MR) is 76.0 cm³/mol. The van der Waals surface area contributed by atoms with Gasteiger partial charge in [-0.3, -0.25) is 0 Å². The van der Waals surface area contributed by atoms with Crippen LogP contribution in [0.1, 0.15) is 38.6 Å². The third kappa shape index (κ3) is 3.40. The lowest BCUT2D eigenvalue weighted by Crippen LogP contribution is -2.20. The van der Waals surface area contributed by atoms with Crippen LogP contribution in [0.4, 0.5) is 13.2 Å². The van der Waals surface area contributed by atoms with Crippen molar-refractivity contribution in [3.63, 3.8) is 0 Å². The van der Waals surface area contributed by atoms with Gasteiger partial charge in [-0.15, -0.1) is 5.10 Å². The summed E-state index contributed by atoms with van der Waals surface area (Å²) in [4.78, 5) is 0. The first-order chi connectivity index (χ1) is 10.00. The van der Waals surface area contributed by atoms with Crippen molar-refractivity contribution in [2.45, 2.75) is 52.4 Å². The number of nitrogens with zero attached hydrogens (tertiary/aromatic N) is 3. The zero-order valence-electron chi connectivity index (χ0n) is 13.1. The Morgan fingerprint density at radius 1 is 1.36 bits per heavy atom. The van der Waals surface area contributed by atoms with Crippen LogP contribution < -0.4 is 0 Å². The van der Waals surface area contributed by atoms with Crippen molar-refractivity contribution < 1.29 is 18.3 Å². The summed E-state index contributed by atoms with van der Waals surface area (Å²) in [6.07, 6.45) is -1.56. The van der Waals surface area contributed by atoms with Crippen molar-refractivity contribution in [2.75, 3.05) is 0 Å². The van der Waals surface area contributed by atoms with Crippen molar-refractivity contribution in [1.82, 2.24) is 15.0 Å². The molecule has 0 saturated heterocycles. The summed E-state index contributed by atoms with van der Waals surface area (Å²) in [7, 11) is 0. The van der Waals surface area contributed by atoms with Crippen LogP contribution in [0, 0.1) is 12.8 Å². The summed E-state index contributed by atoms with van der Waals surface area (Å²) in [5.41, 5.74) is 0.00409. The first kappa shape index (κ1) is 16.7. The molecule has 1 N–H and O–H groups in total. The molecule has 1 heterocycles. The number of halogens is 3. The highest BCUT2D eigenvalue weighted by Gasteiger charge is 2.34. The minimum Gasteiger partial charge on any atom is -0.384 e. The Kier molecular flexibility index (Phi) is 4.21. The molecule has 122 valence electrons. The van der Waals surface area contributed by atoms with Gasteiger partial charge < -0.3 is 5.11 Å². The first-order valence-electron chi connectivity index (χ1n) is 7.11. The highest BCUT2D eigenvalue weighted by molar-refractivity contribution is 5.33. The quantitative estimate of drug-likeness (QED) is 0.931. The Hall–Kier alpha value is -1.63. The van der Waals surface area contributed by atoms with E-state index in [2.05, 4.69) is 10.3 Å². The Morgan fingerprint density at radius 3 is 2.50 bits per heavy atom. The van der Waals surface area contributed by atoms with Crippen molar-refractivity contribution >= 4 is 0 Å². The van der Waals surface area contributed by atoms with E-state index in [9.17, 15) is 18.3 Å². The minimum absolute atomic E-state index is 0.0142. The molecular weight excluding hydrogens is 295 g/mol. The van der Waals surface area contributed by atoms with Crippen LogP contribution in [-0.4, -0.2) is 26.3 Å². The molecule has 0 aliphatic heterocycles. The molecule has 1 aliphatic rings. The fraction of sp³-hybridized carbons (Fsp3) is 0.600. The van der Waals surface area contributed by atoms with E-state index >= 15 is 0 Å². The average molecular weight is 315 g/mol. The maximum absolute atomic E-state index is 12.8. The Bertz CT molecular complexity index is 621. The molecule has 1 unspecified atom stereocenters.